The zero-order chi connectivity index (χ0) is 21.4. The Balaban J connectivity index is 1.75. The van der Waals surface area contributed by atoms with Crippen molar-refractivity contribution in [2.75, 3.05) is 6.79 Å². The summed E-state index contributed by atoms with van der Waals surface area (Å²) in [5, 5.41) is 10.1. The second-order valence-electron chi connectivity index (χ2n) is 6.98. The number of nitro groups is 1. The minimum atomic E-state index is -0.590. The van der Waals surface area contributed by atoms with Crippen molar-refractivity contribution < 1.29 is 28.7 Å². The first-order chi connectivity index (χ1) is 13.6. The molecule has 0 amide bonds. The summed E-state index contributed by atoms with van der Waals surface area (Å²) in [4.78, 5) is 33.6. The molecule has 0 aliphatic rings. The summed E-state index contributed by atoms with van der Waals surface area (Å²) < 4.78 is 15.5. The number of hydrogen-bond donors (Lipinski definition) is 0. The molecule has 0 aromatic heterocycles. The van der Waals surface area contributed by atoms with Crippen molar-refractivity contribution >= 4 is 28.7 Å². The molecular formula is C20H21NO7S. The highest BCUT2D eigenvalue weighted by atomic mass is 32.2. The van der Waals surface area contributed by atoms with E-state index >= 15 is 0 Å². The monoisotopic (exact) mass is 419 g/mol. The topological polar surface area (TPSA) is 105 Å². The molecular weight excluding hydrogens is 398 g/mol. The van der Waals surface area contributed by atoms with Crippen LogP contribution in [0.5, 0.6) is 11.5 Å². The number of thioether (sulfide) groups is 1. The first kappa shape index (κ1) is 22.2. The van der Waals surface area contributed by atoms with Crippen LogP contribution in [-0.2, 0) is 15.3 Å². The molecule has 154 valence electrons. The Morgan fingerprint density at radius 3 is 2.14 bits per heavy atom. The molecule has 0 aliphatic heterocycles. The van der Waals surface area contributed by atoms with E-state index in [0.29, 0.717) is 11.5 Å². The van der Waals surface area contributed by atoms with Crippen molar-refractivity contribution in [3.05, 3.63) is 64.2 Å². The number of hydrogen-bond acceptors (Lipinski definition) is 8. The third-order valence-corrected chi connectivity index (χ3v) is 4.35. The number of non-ortho nitro benzene ring substituents is 1. The van der Waals surface area contributed by atoms with Crippen LogP contribution in [0.25, 0.3) is 0 Å². The first-order valence-corrected chi connectivity index (χ1v) is 9.62. The Morgan fingerprint density at radius 1 is 1.00 bits per heavy atom. The van der Waals surface area contributed by atoms with E-state index < -0.39 is 15.6 Å². The van der Waals surface area contributed by atoms with Crippen LogP contribution < -0.4 is 9.47 Å². The molecule has 0 atom stereocenters. The van der Waals surface area contributed by atoms with E-state index in [4.69, 9.17) is 14.2 Å². The summed E-state index contributed by atoms with van der Waals surface area (Å²) in [7, 11) is 0. The average molecular weight is 419 g/mol. The molecule has 0 saturated carbocycles. The summed E-state index contributed by atoms with van der Waals surface area (Å²) in [6.45, 7) is 5.10. The van der Waals surface area contributed by atoms with Gasteiger partial charge in [-0.25, -0.2) is 4.79 Å². The lowest BCUT2D eigenvalue weighted by Crippen LogP contribution is -2.24. The van der Waals surface area contributed by atoms with Crippen LogP contribution >= 0.6 is 11.8 Å². The van der Waals surface area contributed by atoms with Gasteiger partial charge >= 0.3 is 11.3 Å². The number of carbonyl (C=O) groups is 2. The van der Waals surface area contributed by atoms with Gasteiger partial charge in [-0.05, 0) is 62.4 Å². The fourth-order valence-electron chi connectivity index (χ4n) is 1.95. The van der Waals surface area contributed by atoms with Gasteiger partial charge in [0.1, 0.15) is 11.5 Å². The number of esters is 1. The van der Waals surface area contributed by atoms with Gasteiger partial charge in [0.15, 0.2) is 0 Å². The minimum Gasteiger partial charge on any atom is -0.457 e. The van der Waals surface area contributed by atoms with Gasteiger partial charge in [-0.3, -0.25) is 14.9 Å². The number of nitrogens with zero attached hydrogens (tertiary/aromatic N) is 1. The van der Waals surface area contributed by atoms with Crippen molar-refractivity contribution in [2.45, 2.75) is 26.5 Å². The molecule has 2 aromatic rings. The van der Waals surface area contributed by atoms with E-state index in [1.165, 1.54) is 24.3 Å². The number of rotatable bonds is 7. The summed E-state index contributed by atoms with van der Waals surface area (Å²) in [6, 6.07) is 12.3. The predicted molar refractivity (Wildman–Crippen MR) is 108 cm³/mol. The largest absolute Gasteiger partial charge is 0.457 e. The second-order valence-corrected chi connectivity index (χ2v) is 7.89. The van der Waals surface area contributed by atoms with E-state index in [1.54, 1.807) is 45.0 Å². The van der Waals surface area contributed by atoms with Crippen LogP contribution in [0.4, 0.5) is 10.5 Å². The summed E-state index contributed by atoms with van der Waals surface area (Å²) in [6.07, 6.45) is 0. The SMILES string of the molecule is CC(C)(C)C(=O)OCOc1ccc(CSC(=O)Oc2ccc([N+](=O)[O-])cc2)cc1. The van der Waals surface area contributed by atoms with Gasteiger partial charge in [-0.1, -0.05) is 12.1 Å². The van der Waals surface area contributed by atoms with Gasteiger partial charge in [0, 0.05) is 17.9 Å². The summed E-state index contributed by atoms with van der Waals surface area (Å²) in [5.41, 5.74) is 0.204. The molecule has 0 spiro atoms. The highest BCUT2D eigenvalue weighted by Crippen LogP contribution is 2.22. The zero-order valence-electron chi connectivity index (χ0n) is 16.2. The van der Waals surface area contributed by atoms with Gasteiger partial charge in [0.05, 0.1) is 10.3 Å². The average Bonchev–Trinajstić information content (AvgIpc) is 2.67. The van der Waals surface area contributed by atoms with Gasteiger partial charge < -0.3 is 14.2 Å². The maximum absolute atomic E-state index is 11.9. The lowest BCUT2D eigenvalue weighted by Gasteiger charge is -2.16. The molecule has 29 heavy (non-hydrogen) atoms. The quantitative estimate of drug-likeness (QED) is 0.269. The highest BCUT2D eigenvalue weighted by Gasteiger charge is 2.23. The van der Waals surface area contributed by atoms with Crippen molar-refractivity contribution in [1.29, 1.82) is 0 Å². The third-order valence-electron chi connectivity index (χ3n) is 3.56. The van der Waals surface area contributed by atoms with Crippen LogP contribution in [0.2, 0.25) is 0 Å². The lowest BCUT2D eigenvalue weighted by molar-refractivity contribution is -0.384. The molecule has 0 fully saturated rings. The number of carbonyl (C=O) groups excluding carboxylic acids is 2. The van der Waals surface area contributed by atoms with E-state index in [0.717, 1.165) is 17.3 Å². The number of ether oxygens (including phenoxy) is 3. The van der Waals surface area contributed by atoms with Crippen LogP contribution in [0.3, 0.4) is 0 Å². The molecule has 0 aliphatic carbocycles. The van der Waals surface area contributed by atoms with E-state index in [9.17, 15) is 19.7 Å². The molecule has 0 unspecified atom stereocenters. The van der Waals surface area contributed by atoms with Crippen LogP contribution in [0.15, 0.2) is 48.5 Å². The highest BCUT2D eigenvalue weighted by molar-refractivity contribution is 8.12. The zero-order valence-corrected chi connectivity index (χ0v) is 17.1. The van der Waals surface area contributed by atoms with Crippen molar-refractivity contribution in [3.63, 3.8) is 0 Å². The summed E-state index contributed by atoms with van der Waals surface area (Å²) in [5.74, 6) is 0.804. The van der Waals surface area contributed by atoms with Gasteiger partial charge in [0.2, 0.25) is 6.79 Å². The maximum Gasteiger partial charge on any atom is 0.373 e. The van der Waals surface area contributed by atoms with Gasteiger partial charge in [-0.15, -0.1) is 0 Å². The fraction of sp³-hybridized carbons (Fsp3) is 0.300. The summed E-state index contributed by atoms with van der Waals surface area (Å²) >= 11 is 0.960. The molecule has 0 saturated heterocycles. The Morgan fingerprint density at radius 2 is 1.59 bits per heavy atom. The first-order valence-electron chi connectivity index (χ1n) is 8.63. The molecule has 0 N–H and O–H groups in total. The van der Waals surface area contributed by atoms with E-state index in [-0.39, 0.29) is 24.2 Å². The Kier molecular flexibility index (Phi) is 7.60. The normalized spacial score (nSPS) is 10.9. The Labute approximate surface area is 172 Å². The van der Waals surface area contributed by atoms with Crippen LogP contribution in [0, 0.1) is 15.5 Å². The molecule has 2 rings (SSSR count). The third kappa shape index (κ3) is 7.46. The lowest BCUT2D eigenvalue weighted by atomic mass is 9.98. The maximum atomic E-state index is 11.9. The molecule has 9 heteroatoms. The van der Waals surface area contributed by atoms with Crippen molar-refractivity contribution in [2.24, 2.45) is 5.41 Å². The number of benzene rings is 2. The Hall–Kier alpha value is -3.07. The van der Waals surface area contributed by atoms with Crippen molar-refractivity contribution in [1.82, 2.24) is 0 Å². The molecule has 0 bridgehead atoms. The Bertz CT molecular complexity index is 858. The molecule has 8 nitrogen and oxygen atoms in total. The number of nitro benzene ring substituents is 1. The van der Waals surface area contributed by atoms with Crippen LogP contribution in [0.1, 0.15) is 26.3 Å². The molecule has 0 heterocycles. The fourth-order valence-corrected chi connectivity index (χ4v) is 2.59. The van der Waals surface area contributed by atoms with Crippen molar-refractivity contribution in [3.8, 4) is 11.5 Å². The van der Waals surface area contributed by atoms with Gasteiger partial charge in [0.25, 0.3) is 5.69 Å². The van der Waals surface area contributed by atoms with Gasteiger partial charge in [-0.2, -0.15) is 0 Å². The minimum absolute atomic E-state index is 0.0760. The van der Waals surface area contributed by atoms with E-state index in [2.05, 4.69) is 0 Å². The molecule has 2 aromatic carbocycles. The van der Waals surface area contributed by atoms with E-state index in [1.807, 2.05) is 0 Å². The molecule has 0 radical (unpaired) electrons. The smallest absolute Gasteiger partial charge is 0.373 e. The standard InChI is InChI=1S/C20H21NO7S/c1-20(2,3)18(22)27-13-26-16-8-4-14(5-9-16)12-29-19(23)28-17-10-6-15(7-11-17)21(24)25/h4-11H,12-13H2,1-3H3. The second kappa shape index (κ2) is 9.92. The predicted octanol–water partition coefficient (Wildman–Crippen LogP) is 4.95. The van der Waals surface area contributed by atoms with Crippen LogP contribution in [-0.4, -0.2) is 23.0 Å².